The summed E-state index contributed by atoms with van der Waals surface area (Å²) in [6, 6.07) is 16.8. The van der Waals surface area contributed by atoms with E-state index < -0.39 is 0 Å². The first-order valence-electron chi connectivity index (χ1n) is 6.50. The highest BCUT2D eigenvalue weighted by molar-refractivity contribution is 5.75. The first-order valence-corrected chi connectivity index (χ1v) is 6.50. The summed E-state index contributed by atoms with van der Waals surface area (Å²) in [6.45, 7) is 0. The standard InChI is InChI=1S/C17H15N/c18-12-15-11-10-13-6-4-5-9-16(13)17(15)14-7-2-1-3-8-14/h1-3,7-8,10-11H,4-6,9H2. The Morgan fingerprint density at radius 3 is 2.44 bits per heavy atom. The minimum Gasteiger partial charge on any atom is -0.192 e. The van der Waals surface area contributed by atoms with Crippen LogP contribution in [0.3, 0.4) is 0 Å². The number of aryl methyl sites for hydroxylation is 1. The average Bonchev–Trinajstić information content (AvgIpc) is 2.47. The van der Waals surface area contributed by atoms with Gasteiger partial charge in [0.1, 0.15) is 0 Å². The highest BCUT2D eigenvalue weighted by Gasteiger charge is 2.17. The molecule has 0 heterocycles. The summed E-state index contributed by atoms with van der Waals surface area (Å²) >= 11 is 0. The van der Waals surface area contributed by atoms with E-state index in [0.29, 0.717) is 0 Å². The van der Waals surface area contributed by atoms with Crippen LogP contribution in [0, 0.1) is 11.3 Å². The van der Waals surface area contributed by atoms with Crippen molar-refractivity contribution in [1.29, 1.82) is 5.26 Å². The first-order chi connectivity index (χ1) is 8.90. The highest BCUT2D eigenvalue weighted by atomic mass is 14.3. The molecule has 1 aliphatic rings. The lowest BCUT2D eigenvalue weighted by molar-refractivity contribution is 0.686. The first kappa shape index (κ1) is 11.0. The molecule has 1 nitrogen and oxygen atoms in total. The monoisotopic (exact) mass is 233 g/mol. The number of nitrogens with zero attached hydrogens (tertiary/aromatic N) is 1. The molecule has 0 N–H and O–H groups in total. The van der Waals surface area contributed by atoms with Crippen molar-refractivity contribution in [3.8, 4) is 17.2 Å². The molecule has 18 heavy (non-hydrogen) atoms. The molecule has 0 radical (unpaired) electrons. The Balaban J connectivity index is 2.26. The van der Waals surface area contributed by atoms with E-state index in [2.05, 4.69) is 24.3 Å². The fraction of sp³-hybridized carbons (Fsp3) is 0.235. The smallest absolute Gasteiger partial charge is 0.0998 e. The van der Waals surface area contributed by atoms with Gasteiger partial charge in [0.25, 0.3) is 0 Å². The van der Waals surface area contributed by atoms with Crippen molar-refractivity contribution in [2.45, 2.75) is 25.7 Å². The van der Waals surface area contributed by atoms with Crippen molar-refractivity contribution in [2.75, 3.05) is 0 Å². The van der Waals surface area contributed by atoms with Gasteiger partial charge in [-0.15, -0.1) is 0 Å². The summed E-state index contributed by atoms with van der Waals surface area (Å²) in [5, 5.41) is 9.33. The normalized spacial score (nSPS) is 13.7. The number of benzene rings is 2. The summed E-state index contributed by atoms with van der Waals surface area (Å²) in [4.78, 5) is 0. The third kappa shape index (κ3) is 1.80. The lowest BCUT2D eigenvalue weighted by Gasteiger charge is -2.20. The van der Waals surface area contributed by atoms with Crippen molar-refractivity contribution in [1.82, 2.24) is 0 Å². The van der Waals surface area contributed by atoms with E-state index >= 15 is 0 Å². The van der Waals surface area contributed by atoms with E-state index in [1.165, 1.54) is 29.5 Å². The Labute approximate surface area is 108 Å². The maximum Gasteiger partial charge on any atom is 0.0998 e. The molecule has 0 saturated heterocycles. The molecule has 0 atom stereocenters. The predicted octanol–water partition coefficient (Wildman–Crippen LogP) is 4.10. The molecule has 0 aromatic heterocycles. The van der Waals surface area contributed by atoms with Gasteiger partial charge in [0.15, 0.2) is 0 Å². The molecule has 0 aliphatic heterocycles. The zero-order valence-corrected chi connectivity index (χ0v) is 10.3. The molecule has 2 aromatic carbocycles. The van der Waals surface area contributed by atoms with Crippen molar-refractivity contribution in [2.24, 2.45) is 0 Å². The van der Waals surface area contributed by atoms with Crippen molar-refractivity contribution < 1.29 is 0 Å². The molecular weight excluding hydrogens is 218 g/mol. The van der Waals surface area contributed by atoms with Gasteiger partial charge in [0.05, 0.1) is 11.6 Å². The quantitative estimate of drug-likeness (QED) is 0.727. The van der Waals surface area contributed by atoms with E-state index in [9.17, 15) is 5.26 Å². The molecular formula is C17H15N. The van der Waals surface area contributed by atoms with Gasteiger partial charge in [-0.25, -0.2) is 0 Å². The Bertz CT molecular complexity index is 605. The highest BCUT2D eigenvalue weighted by Crippen LogP contribution is 2.34. The zero-order chi connectivity index (χ0) is 12.4. The van der Waals surface area contributed by atoms with Gasteiger partial charge in [-0.2, -0.15) is 5.26 Å². The number of hydrogen-bond acceptors (Lipinski definition) is 1. The Hall–Kier alpha value is -2.07. The second-order valence-corrected chi connectivity index (χ2v) is 4.81. The molecule has 0 fully saturated rings. The van der Waals surface area contributed by atoms with Gasteiger partial charge >= 0.3 is 0 Å². The molecule has 1 aliphatic carbocycles. The van der Waals surface area contributed by atoms with Crippen LogP contribution in [-0.4, -0.2) is 0 Å². The summed E-state index contributed by atoms with van der Waals surface area (Å²) < 4.78 is 0. The van der Waals surface area contributed by atoms with Crippen LogP contribution in [0.1, 0.15) is 29.5 Å². The van der Waals surface area contributed by atoms with Crippen molar-refractivity contribution in [3.05, 3.63) is 59.2 Å². The number of rotatable bonds is 1. The molecule has 0 spiro atoms. The van der Waals surface area contributed by atoms with E-state index in [1.54, 1.807) is 0 Å². The van der Waals surface area contributed by atoms with Gasteiger partial charge in [-0.3, -0.25) is 0 Å². The topological polar surface area (TPSA) is 23.8 Å². The minimum atomic E-state index is 0.807. The van der Waals surface area contributed by atoms with Crippen LogP contribution in [0.15, 0.2) is 42.5 Å². The fourth-order valence-electron chi connectivity index (χ4n) is 2.86. The van der Waals surface area contributed by atoms with Gasteiger partial charge in [-0.05, 0) is 48.4 Å². The van der Waals surface area contributed by atoms with Crippen LogP contribution >= 0.6 is 0 Å². The van der Waals surface area contributed by atoms with Crippen molar-refractivity contribution >= 4 is 0 Å². The lowest BCUT2D eigenvalue weighted by Crippen LogP contribution is -2.05. The summed E-state index contributed by atoms with van der Waals surface area (Å²) in [7, 11) is 0. The van der Waals surface area contributed by atoms with Crippen LogP contribution in [-0.2, 0) is 12.8 Å². The van der Waals surface area contributed by atoms with Gasteiger partial charge in [0, 0.05) is 5.56 Å². The predicted molar refractivity (Wildman–Crippen MR) is 73.2 cm³/mol. The van der Waals surface area contributed by atoms with Crippen molar-refractivity contribution in [3.63, 3.8) is 0 Å². The summed E-state index contributed by atoms with van der Waals surface area (Å²) in [5.41, 5.74) is 5.97. The largest absolute Gasteiger partial charge is 0.192 e. The second kappa shape index (κ2) is 4.66. The summed E-state index contributed by atoms with van der Waals surface area (Å²) in [5.74, 6) is 0. The maximum absolute atomic E-state index is 9.33. The molecule has 2 aromatic rings. The third-order valence-corrected chi connectivity index (χ3v) is 3.72. The number of nitriles is 1. The molecule has 3 rings (SSSR count). The van der Waals surface area contributed by atoms with E-state index in [4.69, 9.17) is 0 Å². The molecule has 0 amide bonds. The van der Waals surface area contributed by atoms with Gasteiger partial charge < -0.3 is 0 Å². The van der Waals surface area contributed by atoms with Crippen LogP contribution < -0.4 is 0 Å². The van der Waals surface area contributed by atoms with E-state index in [0.717, 1.165) is 24.0 Å². The number of fused-ring (bicyclic) bond motifs is 1. The molecule has 88 valence electrons. The Morgan fingerprint density at radius 2 is 1.67 bits per heavy atom. The van der Waals surface area contributed by atoms with Crippen LogP contribution in [0.5, 0.6) is 0 Å². The Morgan fingerprint density at radius 1 is 0.889 bits per heavy atom. The van der Waals surface area contributed by atoms with Gasteiger partial charge in [-0.1, -0.05) is 36.4 Å². The third-order valence-electron chi connectivity index (χ3n) is 3.72. The van der Waals surface area contributed by atoms with Crippen LogP contribution in [0.4, 0.5) is 0 Å². The molecule has 0 unspecified atom stereocenters. The Kier molecular flexibility index (Phi) is 2.86. The summed E-state index contributed by atoms with van der Waals surface area (Å²) in [6.07, 6.45) is 4.77. The molecule has 0 saturated carbocycles. The van der Waals surface area contributed by atoms with Crippen LogP contribution in [0.25, 0.3) is 11.1 Å². The maximum atomic E-state index is 9.33. The van der Waals surface area contributed by atoms with E-state index in [-0.39, 0.29) is 0 Å². The van der Waals surface area contributed by atoms with E-state index in [1.807, 2.05) is 24.3 Å². The lowest BCUT2D eigenvalue weighted by atomic mass is 9.83. The minimum absolute atomic E-state index is 0.807. The fourth-order valence-corrected chi connectivity index (χ4v) is 2.86. The van der Waals surface area contributed by atoms with Gasteiger partial charge in [0.2, 0.25) is 0 Å². The molecule has 0 bridgehead atoms. The second-order valence-electron chi connectivity index (χ2n) is 4.81. The van der Waals surface area contributed by atoms with Crippen LogP contribution in [0.2, 0.25) is 0 Å². The number of hydrogen-bond donors (Lipinski definition) is 0. The zero-order valence-electron chi connectivity index (χ0n) is 10.3. The SMILES string of the molecule is N#Cc1ccc2c(c1-c1ccccc1)CCCC2. The molecule has 1 heteroatoms. The average molecular weight is 233 g/mol.